The Hall–Kier alpha value is -1.92. The van der Waals surface area contributed by atoms with Crippen molar-refractivity contribution in [1.29, 1.82) is 0 Å². The fourth-order valence-corrected chi connectivity index (χ4v) is 3.30. The first kappa shape index (κ1) is 15.5. The van der Waals surface area contributed by atoms with Gasteiger partial charge in [-0.25, -0.2) is 13.4 Å². The highest BCUT2D eigenvalue weighted by Crippen LogP contribution is 2.24. The predicted molar refractivity (Wildman–Crippen MR) is 80.8 cm³/mol. The van der Waals surface area contributed by atoms with E-state index in [1.807, 2.05) is 6.92 Å². The van der Waals surface area contributed by atoms with Gasteiger partial charge in [0.15, 0.2) is 5.82 Å². The molecule has 1 aromatic heterocycles. The first-order valence-electron chi connectivity index (χ1n) is 6.06. The molecule has 0 fully saturated rings. The SMILES string of the molecule is CC(=O)N(c1cc(Cl)ccn1)S(=O)(=O)c1ccc(C)cc1. The molecule has 0 saturated carbocycles. The monoisotopic (exact) mass is 324 g/mol. The first-order valence-corrected chi connectivity index (χ1v) is 7.88. The zero-order valence-corrected chi connectivity index (χ0v) is 13.0. The number of rotatable bonds is 3. The van der Waals surface area contributed by atoms with Gasteiger partial charge in [-0.1, -0.05) is 29.3 Å². The normalized spacial score (nSPS) is 11.2. The fraction of sp³-hybridized carbons (Fsp3) is 0.143. The molecular formula is C14H13ClN2O3S. The molecule has 0 unspecified atom stereocenters. The number of benzene rings is 1. The summed E-state index contributed by atoms with van der Waals surface area (Å²) in [5.74, 6) is -0.694. The second kappa shape index (κ2) is 5.83. The van der Waals surface area contributed by atoms with Crippen LogP contribution in [0, 0.1) is 6.92 Å². The van der Waals surface area contributed by atoms with Crippen molar-refractivity contribution in [3.63, 3.8) is 0 Å². The third-order valence-electron chi connectivity index (χ3n) is 2.76. The van der Waals surface area contributed by atoms with Gasteiger partial charge in [0.2, 0.25) is 5.91 Å². The van der Waals surface area contributed by atoms with Gasteiger partial charge in [0.1, 0.15) is 0 Å². The quantitative estimate of drug-likeness (QED) is 0.870. The lowest BCUT2D eigenvalue weighted by molar-refractivity contribution is -0.115. The molecule has 5 nitrogen and oxygen atoms in total. The molecule has 0 spiro atoms. The molecule has 110 valence electrons. The summed E-state index contributed by atoms with van der Waals surface area (Å²) in [7, 11) is -4.02. The second-order valence-corrected chi connectivity index (χ2v) is 6.66. The van der Waals surface area contributed by atoms with Crippen molar-refractivity contribution in [2.24, 2.45) is 0 Å². The molecular weight excluding hydrogens is 312 g/mol. The van der Waals surface area contributed by atoms with Crippen molar-refractivity contribution < 1.29 is 13.2 Å². The molecule has 0 aliphatic heterocycles. The number of sulfonamides is 1. The Labute approximate surface area is 128 Å². The number of anilines is 1. The van der Waals surface area contributed by atoms with Crippen molar-refractivity contribution in [2.45, 2.75) is 18.7 Å². The molecule has 1 amide bonds. The maximum atomic E-state index is 12.6. The van der Waals surface area contributed by atoms with Crippen LogP contribution in [-0.2, 0) is 14.8 Å². The first-order chi connectivity index (χ1) is 9.82. The van der Waals surface area contributed by atoms with Crippen LogP contribution in [0.5, 0.6) is 0 Å². The molecule has 0 atom stereocenters. The van der Waals surface area contributed by atoms with Crippen LogP contribution >= 0.6 is 11.6 Å². The van der Waals surface area contributed by atoms with Crippen LogP contribution in [0.3, 0.4) is 0 Å². The van der Waals surface area contributed by atoms with E-state index in [1.165, 1.54) is 30.5 Å². The number of halogens is 1. The van der Waals surface area contributed by atoms with Crippen LogP contribution in [0.1, 0.15) is 12.5 Å². The Kier molecular flexibility index (Phi) is 4.29. The van der Waals surface area contributed by atoms with E-state index in [4.69, 9.17) is 11.6 Å². The Morgan fingerprint density at radius 1 is 1.19 bits per heavy atom. The standard InChI is InChI=1S/C14H13ClN2O3S/c1-10-3-5-13(6-4-10)21(19,20)17(11(2)18)14-9-12(15)7-8-16-14/h3-9H,1-2H3. The van der Waals surface area contributed by atoms with Crippen molar-refractivity contribution in [3.8, 4) is 0 Å². The van der Waals surface area contributed by atoms with Gasteiger partial charge < -0.3 is 0 Å². The molecule has 0 saturated heterocycles. The van der Waals surface area contributed by atoms with Gasteiger partial charge in [0.25, 0.3) is 10.0 Å². The van der Waals surface area contributed by atoms with E-state index in [9.17, 15) is 13.2 Å². The Morgan fingerprint density at radius 2 is 1.81 bits per heavy atom. The van der Waals surface area contributed by atoms with E-state index >= 15 is 0 Å². The lowest BCUT2D eigenvalue weighted by Gasteiger charge is -2.20. The minimum absolute atomic E-state index is 0.0186. The number of carbonyl (C=O) groups excluding carboxylic acids is 1. The lowest BCUT2D eigenvalue weighted by Crippen LogP contribution is -2.35. The van der Waals surface area contributed by atoms with E-state index < -0.39 is 15.9 Å². The number of hydrogen-bond acceptors (Lipinski definition) is 4. The van der Waals surface area contributed by atoms with Crippen molar-refractivity contribution >= 4 is 33.3 Å². The van der Waals surface area contributed by atoms with Gasteiger partial charge >= 0.3 is 0 Å². The van der Waals surface area contributed by atoms with Gasteiger partial charge in [-0.15, -0.1) is 0 Å². The molecule has 7 heteroatoms. The fourth-order valence-electron chi connectivity index (χ4n) is 1.77. The summed E-state index contributed by atoms with van der Waals surface area (Å²) in [6.07, 6.45) is 1.35. The van der Waals surface area contributed by atoms with Crippen LogP contribution in [-0.4, -0.2) is 19.3 Å². The van der Waals surface area contributed by atoms with Gasteiger partial charge in [-0.05, 0) is 25.1 Å². The van der Waals surface area contributed by atoms with Crippen molar-refractivity contribution in [3.05, 3.63) is 53.2 Å². The molecule has 2 aromatic rings. The smallest absolute Gasteiger partial charge is 0.272 e. The molecule has 1 heterocycles. The van der Waals surface area contributed by atoms with Crippen LogP contribution in [0.2, 0.25) is 5.02 Å². The lowest BCUT2D eigenvalue weighted by atomic mass is 10.2. The molecule has 0 aliphatic rings. The summed E-state index contributed by atoms with van der Waals surface area (Å²) in [4.78, 5) is 15.7. The van der Waals surface area contributed by atoms with Gasteiger partial charge in [-0.3, -0.25) is 4.79 Å². The molecule has 0 N–H and O–H groups in total. The van der Waals surface area contributed by atoms with E-state index in [0.29, 0.717) is 9.33 Å². The Balaban J connectivity index is 2.57. The van der Waals surface area contributed by atoms with E-state index in [0.717, 1.165) is 12.5 Å². The third kappa shape index (κ3) is 3.22. The van der Waals surface area contributed by atoms with Gasteiger partial charge in [-0.2, -0.15) is 4.31 Å². The summed E-state index contributed by atoms with van der Waals surface area (Å²) in [6, 6.07) is 9.06. The maximum absolute atomic E-state index is 12.6. The minimum Gasteiger partial charge on any atom is -0.274 e. The number of amides is 1. The summed E-state index contributed by atoms with van der Waals surface area (Å²) in [5.41, 5.74) is 0.921. The minimum atomic E-state index is -4.02. The highest BCUT2D eigenvalue weighted by molar-refractivity contribution is 7.93. The van der Waals surface area contributed by atoms with Crippen molar-refractivity contribution in [1.82, 2.24) is 4.98 Å². The van der Waals surface area contributed by atoms with Crippen molar-refractivity contribution in [2.75, 3.05) is 4.31 Å². The zero-order chi connectivity index (χ0) is 15.6. The largest absolute Gasteiger partial charge is 0.274 e. The average molecular weight is 325 g/mol. The third-order valence-corrected chi connectivity index (χ3v) is 4.79. The second-order valence-electron chi connectivity index (χ2n) is 4.43. The highest BCUT2D eigenvalue weighted by atomic mass is 35.5. The number of hydrogen-bond donors (Lipinski definition) is 0. The summed E-state index contributed by atoms with van der Waals surface area (Å²) in [5, 5.41) is 0.297. The maximum Gasteiger partial charge on any atom is 0.272 e. The van der Waals surface area contributed by atoms with E-state index in [-0.39, 0.29) is 10.7 Å². The van der Waals surface area contributed by atoms with Gasteiger partial charge in [0, 0.05) is 24.2 Å². The van der Waals surface area contributed by atoms with Crippen LogP contribution in [0.25, 0.3) is 0 Å². The average Bonchev–Trinajstić information content (AvgIpc) is 2.38. The summed E-state index contributed by atoms with van der Waals surface area (Å²) >= 11 is 5.84. The summed E-state index contributed by atoms with van der Waals surface area (Å²) in [6.45, 7) is 3.01. The molecule has 2 rings (SSSR count). The highest BCUT2D eigenvalue weighted by Gasteiger charge is 2.29. The predicted octanol–water partition coefficient (Wildman–Crippen LogP) is 2.79. The molecule has 0 radical (unpaired) electrons. The zero-order valence-electron chi connectivity index (χ0n) is 11.4. The summed E-state index contributed by atoms with van der Waals surface area (Å²) < 4.78 is 25.9. The number of aromatic nitrogens is 1. The van der Waals surface area contributed by atoms with E-state index in [2.05, 4.69) is 4.98 Å². The van der Waals surface area contributed by atoms with E-state index in [1.54, 1.807) is 12.1 Å². The van der Waals surface area contributed by atoms with Crippen LogP contribution in [0.15, 0.2) is 47.5 Å². The Bertz CT molecular complexity index is 773. The number of nitrogens with zero attached hydrogens (tertiary/aromatic N) is 2. The molecule has 0 bridgehead atoms. The molecule has 0 aliphatic carbocycles. The number of aryl methyl sites for hydroxylation is 1. The Morgan fingerprint density at radius 3 is 2.33 bits per heavy atom. The number of pyridine rings is 1. The van der Waals surface area contributed by atoms with Crippen LogP contribution < -0.4 is 4.31 Å². The molecule has 21 heavy (non-hydrogen) atoms. The number of carbonyl (C=O) groups is 1. The van der Waals surface area contributed by atoms with Crippen LogP contribution in [0.4, 0.5) is 5.82 Å². The van der Waals surface area contributed by atoms with Gasteiger partial charge in [0.05, 0.1) is 4.90 Å². The molecule has 1 aromatic carbocycles. The topological polar surface area (TPSA) is 67.3 Å².